The Balaban J connectivity index is 2.27. The minimum Gasteiger partial charge on any atom is -0.399 e. The average molecular weight is 328 g/mol. The SMILES string of the molecule is Cc1noc(C)c1C(C)NC(=O)c1cc(N)cc(Cl)c1Cl. The van der Waals surface area contributed by atoms with Crippen molar-refractivity contribution in [1.29, 1.82) is 0 Å². The minimum absolute atomic E-state index is 0.175. The van der Waals surface area contributed by atoms with Crippen LogP contribution in [0.5, 0.6) is 0 Å². The largest absolute Gasteiger partial charge is 0.399 e. The highest BCUT2D eigenvalue weighted by molar-refractivity contribution is 6.44. The number of halogens is 2. The molecular formula is C14H15Cl2N3O2. The molecule has 0 saturated heterocycles. The molecule has 0 radical (unpaired) electrons. The molecule has 1 aromatic carbocycles. The van der Waals surface area contributed by atoms with Gasteiger partial charge in [0.25, 0.3) is 5.91 Å². The van der Waals surface area contributed by atoms with Crippen LogP contribution in [0.4, 0.5) is 5.69 Å². The zero-order valence-corrected chi connectivity index (χ0v) is 13.3. The predicted octanol–water partition coefficient (Wildman–Crippen LogP) is 3.67. The molecule has 3 N–H and O–H groups in total. The molecule has 0 saturated carbocycles. The van der Waals surface area contributed by atoms with Crippen LogP contribution in [-0.2, 0) is 0 Å². The van der Waals surface area contributed by atoms with Crippen LogP contribution in [0, 0.1) is 13.8 Å². The third-order valence-electron chi connectivity index (χ3n) is 3.16. The Hall–Kier alpha value is -1.72. The summed E-state index contributed by atoms with van der Waals surface area (Å²) in [6.07, 6.45) is 0. The molecule has 0 aliphatic heterocycles. The summed E-state index contributed by atoms with van der Waals surface area (Å²) in [5.74, 6) is 0.304. The molecule has 0 bridgehead atoms. The van der Waals surface area contributed by atoms with Crippen molar-refractivity contribution in [3.05, 3.63) is 44.8 Å². The van der Waals surface area contributed by atoms with E-state index in [-0.39, 0.29) is 27.6 Å². The smallest absolute Gasteiger partial charge is 0.253 e. The molecule has 21 heavy (non-hydrogen) atoms. The van der Waals surface area contributed by atoms with Crippen molar-refractivity contribution < 1.29 is 9.32 Å². The lowest BCUT2D eigenvalue weighted by molar-refractivity contribution is 0.0940. The van der Waals surface area contributed by atoms with E-state index in [0.29, 0.717) is 11.4 Å². The molecule has 112 valence electrons. The lowest BCUT2D eigenvalue weighted by Gasteiger charge is -2.15. The van der Waals surface area contributed by atoms with E-state index in [9.17, 15) is 4.79 Å². The Morgan fingerprint density at radius 2 is 2.05 bits per heavy atom. The zero-order chi connectivity index (χ0) is 15.7. The van der Waals surface area contributed by atoms with E-state index in [2.05, 4.69) is 10.5 Å². The quantitative estimate of drug-likeness (QED) is 0.842. The van der Waals surface area contributed by atoms with Crippen molar-refractivity contribution in [2.24, 2.45) is 0 Å². The maximum Gasteiger partial charge on any atom is 0.253 e. The summed E-state index contributed by atoms with van der Waals surface area (Å²) in [5, 5.41) is 7.13. The van der Waals surface area contributed by atoms with Crippen LogP contribution in [0.2, 0.25) is 10.0 Å². The maximum absolute atomic E-state index is 12.3. The molecule has 1 heterocycles. The number of nitrogens with two attached hydrogens (primary N) is 1. The Kier molecular flexibility index (Phi) is 4.44. The van der Waals surface area contributed by atoms with Crippen LogP contribution >= 0.6 is 23.2 Å². The summed E-state index contributed by atoms with van der Waals surface area (Å²) in [5.41, 5.74) is 7.88. The number of benzene rings is 1. The molecule has 0 aliphatic rings. The van der Waals surface area contributed by atoms with Gasteiger partial charge in [-0.05, 0) is 32.9 Å². The van der Waals surface area contributed by atoms with E-state index >= 15 is 0 Å². The van der Waals surface area contributed by atoms with Crippen molar-refractivity contribution in [2.45, 2.75) is 26.8 Å². The molecule has 5 nitrogen and oxygen atoms in total. The van der Waals surface area contributed by atoms with Gasteiger partial charge in [0.2, 0.25) is 0 Å². The van der Waals surface area contributed by atoms with Crippen molar-refractivity contribution in [2.75, 3.05) is 5.73 Å². The second kappa shape index (κ2) is 5.95. The number of hydrogen-bond donors (Lipinski definition) is 2. The monoisotopic (exact) mass is 327 g/mol. The first kappa shape index (κ1) is 15.7. The van der Waals surface area contributed by atoms with Crippen molar-refractivity contribution >= 4 is 34.8 Å². The molecule has 1 atom stereocenters. The second-order valence-corrected chi connectivity index (χ2v) is 5.58. The number of hydrogen-bond acceptors (Lipinski definition) is 4. The normalized spacial score (nSPS) is 12.2. The second-order valence-electron chi connectivity index (χ2n) is 4.80. The van der Waals surface area contributed by atoms with Gasteiger partial charge in [0.15, 0.2) is 0 Å². The number of nitrogens with zero attached hydrogens (tertiary/aromatic N) is 1. The predicted molar refractivity (Wildman–Crippen MR) is 82.7 cm³/mol. The summed E-state index contributed by atoms with van der Waals surface area (Å²) in [6.45, 7) is 5.45. The van der Waals surface area contributed by atoms with Crippen LogP contribution in [0.3, 0.4) is 0 Å². The third-order valence-corrected chi connectivity index (χ3v) is 3.97. The number of carbonyl (C=O) groups excluding carboxylic acids is 1. The molecular weight excluding hydrogens is 313 g/mol. The highest BCUT2D eigenvalue weighted by Gasteiger charge is 2.21. The number of aromatic nitrogens is 1. The van der Waals surface area contributed by atoms with E-state index in [4.69, 9.17) is 33.5 Å². The van der Waals surface area contributed by atoms with Gasteiger partial charge in [0.05, 0.1) is 27.3 Å². The Labute approximate surface area is 132 Å². The third kappa shape index (κ3) is 3.14. The number of anilines is 1. The number of carbonyl (C=O) groups is 1. The van der Waals surface area contributed by atoms with Gasteiger partial charge in [0, 0.05) is 11.3 Å². The number of nitrogen functional groups attached to an aromatic ring is 1. The van der Waals surface area contributed by atoms with Gasteiger partial charge in [0.1, 0.15) is 5.76 Å². The van der Waals surface area contributed by atoms with Crippen molar-refractivity contribution in [3.8, 4) is 0 Å². The molecule has 1 unspecified atom stereocenters. The first-order valence-corrected chi connectivity index (χ1v) is 7.05. The van der Waals surface area contributed by atoms with Gasteiger partial charge in [-0.2, -0.15) is 0 Å². The van der Waals surface area contributed by atoms with E-state index in [1.165, 1.54) is 12.1 Å². The van der Waals surface area contributed by atoms with Crippen LogP contribution in [0.1, 0.15) is 40.3 Å². The average Bonchev–Trinajstić information content (AvgIpc) is 2.73. The van der Waals surface area contributed by atoms with Gasteiger partial charge in [-0.1, -0.05) is 28.4 Å². The molecule has 2 aromatic rings. The number of nitrogens with one attached hydrogen (secondary N) is 1. The lowest BCUT2D eigenvalue weighted by Crippen LogP contribution is -2.27. The van der Waals surface area contributed by atoms with Crippen molar-refractivity contribution in [1.82, 2.24) is 10.5 Å². The zero-order valence-electron chi connectivity index (χ0n) is 11.8. The molecule has 0 aliphatic carbocycles. The fraction of sp³-hybridized carbons (Fsp3) is 0.286. The number of rotatable bonds is 3. The Morgan fingerprint density at radius 1 is 1.38 bits per heavy atom. The van der Waals surface area contributed by atoms with E-state index in [0.717, 1.165) is 11.3 Å². The summed E-state index contributed by atoms with van der Waals surface area (Å²) < 4.78 is 5.10. The van der Waals surface area contributed by atoms with Crippen LogP contribution in [-0.4, -0.2) is 11.1 Å². The molecule has 1 amide bonds. The van der Waals surface area contributed by atoms with E-state index in [1.54, 1.807) is 6.92 Å². The highest BCUT2D eigenvalue weighted by Crippen LogP contribution is 2.29. The number of aryl methyl sites for hydroxylation is 2. The van der Waals surface area contributed by atoms with Crippen LogP contribution in [0.25, 0.3) is 0 Å². The van der Waals surface area contributed by atoms with E-state index in [1.807, 2.05) is 13.8 Å². The lowest BCUT2D eigenvalue weighted by atomic mass is 10.1. The molecule has 0 fully saturated rings. The summed E-state index contributed by atoms with van der Waals surface area (Å²) in [4.78, 5) is 12.3. The summed E-state index contributed by atoms with van der Waals surface area (Å²) >= 11 is 12.0. The van der Waals surface area contributed by atoms with Gasteiger partial charge in [-0.25, -0.2) is 0 Å². The maximum atomic E-state index is 12.3. The van der Waals surface area contributed by atoms with Crippen LogP contribution < -0.4 is 11.1 Å². The molecule has 1 aromatic heterocycles. The Bertz CT molecular complexity index is 678. The molecule has 2 rings (SSSR count). The first-order valence-electron chi connectivity index (χ1n) is 6.29. The summed E-state index contributed by atoms with van der Waals surface area (Å²) in [6, 6.07) is 2.71. The highest BCUT2D eigenvalue weighted by atomic mass is 35.5. The van der Waals surface area contributed by atoms with E-state index < -0.39 is 0 Å². The number of amides is 1. The topological polar surface area (TPSA) is 81.2 Å². The van der Waals surface area contributed by atoms with Gasteiger partial charge in [-0.15, -0.1) is 0 Å². The fourth-order valence-corrected chi connectivity index (χ4v) is 2.65. The standard InChI is InChI=1S/C14H15Cl2N3O2/c1-6(12-7(2)19-21-8(12)3)18-14(20)10-4-9(17)5-11(15)13(10)16/h4-6H,17H2,1-3H3,(H,18,20). The summed E-state index contributed by atoms with van der Waals surface area (Å²) in [7, 11) is 0. The first-order chi connectivity index (χ1) is 9.81. The van der Waals surface area contributed by atoms with Gasteiger partial charge >= 0.3 is 0 Å². The molecule has 0 spiro atoms. The van der Waals surface area contributed by atoms with Gasteiger partial charge in [-0.3, -0.25) is 4.79 Å². The van der Waals surface area contributed by atoms with Crippen LogP contribution in [0.15, 0.2) is 16.7 Å². The minimum atomic E-state index is -0.360. The van der Waals surface area contributed by atoms with Gasteiger partial charge < -0.3 is 15.6 Å². The fourth-order valence-electron chi connectivity index (χ4n) is 2.23. The molecule has 7 heteroatoms. The van der Waals surface area contributed by atoms with Crippen molar-refractivity contribution in [3.63, 3.8) is 0 Å². The Morgan fingerprint density at radius 3 is 2.62 bits per heavy atom.